The summed E-state index contributed by atoms with van der Waals surface area (Å²) in [6.45, 7) is 2.22. The molecule has 0 amide bonds. The number of benzene rings is 2. The van der Waals surface area contributed by atoms with Crippen molar-refractivity contribution in [3.8, 4) is 0 Å². The number of carbonyl (C=O) groups excluding carboxylic acids is 1. The van der Waals surface area contributed by atoms with E-state index in [-0.39, 0.29) is 19.8 Å². The standard InChI is InChI=1S/C22H22Cl3FN2O4Se/c1-2-30-21(29)20(26)28-10-9-27(22(28)32-33)12-19(17-8-7-16(24)11-18(17)25)31-13-14-3-5-15(23)6-4-14/h3-11,19-20,22,33H,2,12-13H2,1H3. The molecule has 3 rings (SSSR count). The number of hydrogen-bond acceptors (Lipinski definition) is 6. The van der Waals surface area contributed by atoms with Crippen LogP contribution in [0.1, 0.15) is 24.2 Å². The molecule has 0 saturated carbocycles. The monoisotopic (exact) mass is 582 g/mol. The number of esters is 1. The Kier molecular flexibility index (Phi) is 9.70. The summed E-state index contributed by atoms with van der Waals surface area (Å²) < 4.78 is 31.1. The summed E-state index contributed by atoms with van der Waals surface area (Å²) in [6, 6.07) is 12.4. The summed E-state index contributed by atoms with van der Waals surface area (Å²) in [5, 5.41) is 1.55. The van der Waals surface area contributed by atoms with Gasteiger partial charge in [-0.15, -0.1) is 0 Å². The van der Waals surface area contributed by atoms with Gasteiger partial charge in [-0.2, -0.15) is 0 Å². The fourth-order valence-electron chi connectivity index (χ4n) is 3.24. The Labute approximate surface area is 215 Å². The molecule has 0 fully saturated rings. The maximum atomic E-state index is 14.7. The average molecular weight is 583 g/mol. The van der Waals surface area contributed by atoms with Gasteiger partial charge in [-0.1, -0.05) is 0 Å². The van der Waals surface area contributed by atoms with Gasteiger partial charge in [-0.3, -0.25) is 0 Å². The van der Waals surface area contributed by atoms with E-state index < -0.39 is 24.7 Å². The molecular formula is C22H22Cl3FN2O4Se. The predicted octanol–water partition coefficient (Wildman–Crippen LogP) is 4.97. The van der Waals surface area contributed by atoms with Crippen LogP contribution >= 0.6 is 34.8 Å². The van der Waals surface area contributed by atoms with Crippen molar-refractivity contribution in [1.82, 2.24) is 9.80 Å². The molecule has 178 valence electrons. The van der Waals surface area contributed by atoms with E-state index in [0.717, 1.165) is 10.5 Å². The van der Waals surface area contributed by atoms with Crippen molar-refractivity contribution in [2.75, 3.05) is 13.2 Å². The van der Waals surface area contributed by atoms with E-state index in [0.29, 0.717) is 20.6 Å². The van der Waals surface area contributed by atoms with Gasteiger partial charge in [0.25, 0.3) is 0 Å². The van der Waals surface area contributed by atoms with Crippen LogP contribution in [0.5, 0.6) is 0 Å². The first-order valence-electron chi connectivity index (χ1n) is 9.97. The number of ether oxygens (including phenoxy) is 2. The average Bonchev–Trinajstić information content (AvgIpc) is 3.20. The number of carbonyl (C=O) groups is 1. The molecule has 0 aromatic heterocycles. The zero-order valence-electron chi connectivity index (χ0n) is 17.5. The summed E-state index contributed by atoms with van der Waals surface area (Å²) in [4.78, 5) is 14.7. The molecule has 1 heterocycles. The van der Waals surface area contributed by atoms with Crippen LogP contribution in [-0.4, -0.2) is 57.9 Å². The topological polar surface area (TPSA) is 51.2 Å². The molecule has 3 atom stereocenters. The van der Waals surface area contributed by atoms with Gasteiger partial charge in [-0.25, -0.2) is 0 Å². The van der Waals surface area contributed by atoms with Crippen LogP contribution in [0.15, 0.2) is 54.9 Å². The quantitative estimate of drug-likeness (QED) is 0.224. The second-order valence-corrected chi connectivity index (χ2v) is 8.78. The normalized spacial score (nSPS) is 17.3. The zero-order chi connectivity index (χ0) is 24.0. The number of nitrogens with zero attached hydrogens (tertiary/aromatic N) is 2. The molecule has 0 N–H and O–H groups in total. The van der Waals surface area contributed by atoms with Gasteiger partial charge >= 0.3 is 216 Å². The minimum atomic E-state index is -2.02. The first-order valence-corrected chi connectivity index (χ1v) is 11.9. The Morgan fingerprint density at radius 2 is 1.82 bits per heavy atom. The van der Waals surface area contributed by atoms with E-state index in [9.17, 15) is 9.18 Å². The van der Waals surface area contributed by atoms with E-state index in [2.05, 4.69) is 0 Å². The Bertz CT molecular complexity index is 983. The van der Waals surface area contributed by atoms with Crippen molar-refractivity contribution in [3.63, 3.8) is 0 Å². The van der Waals surface area contributed by atoms with Gasteiger partial charge in [0.05, 0.1) is 0 Å². The van der Waals surface area contributed by atoms with Crippen LogP contribution in [0.2, 0.25) is 15.1 Å². The van der Waals surface area contributed by atoms with Crippen molar-refractivity contribution < 1.29 is 22.5 Å². The number of rotatable bonds is 10. The van der Waals surface area contributed by atoms with Crippen LogP contribution in [0.4, 0.5) is 4.39 Å². The third kappa shape index (κ3) is 6.76. The first-order chi connectivity index (χ1) is 15.8. The number of halogens is 4. The fraction of sp³-hybridized carbons (Fsp3) is 0.318. The molecular weight excluding hydrogens is 561 g/mol. The molecule has 1 aliphatic rings. The summed E-state index contributed by atoms with van der Waals surface area (Å²) in [5.41, 5.74) is 1.62. The van der Waals surface area contributed by atoms with Crippen molar-refractivity contribution in [2.45, 2.75) is 32.3 Å². The molecule has 0 radical (unpaired) electrons. The second-order valence-electron chi connectivity index (χ2n) is 7.05. The molecule has 0 aliphatic carbocycles. The van der Waals surface area contributed by atoms with Crippen LogP contribution < -0.4 is 0 Å². The van der Waals surface area contributed by atoms with Crippen LogP contribution in [0.25, 0.3) is 0 Å². The van der Waals surface area contributed by atoms with E-state index >= 15 is 0 Å². The van der Waals surface area contributed by atoms with Crippen LogP contribution in [-0.2, 0) is 24.7 Å². The van der Waals surface area contributed by atoms with Gasteiger partial charge in [0.1, 0.15) is 0 Å². The molecule has 2 aromatic rings. The third-order valence-corrected chi connectivity index (χ3v) is 6.07. The van der Waals surface area contributed by atoms with Crippen molar-refractivity contribution in [3.05, 3.63) is 81.1 Å². The SMILES string of the molecule is CCOC(=O)C(F)N1C=CN(CC(OCc2ccc(Cl)cc2)c2ccc(Cl)cc2Cl)C1O[SeH]. The second kappa shape index (κ2) is 12.3. The van der Waals surface area contributed by atoms with E-state index in [1.165, 1.54) is 6.20 Å². The van der Waals surface area contributed by atoms with Crippen molar-refractivity contribution in [1.29, 1.82) is 0 Å². The molecule has 11 heteroatoms. The summed E-state index contributed by atoms with van der Waals surface area (Å²) in [6.07, 6.45) is -0.406. The van der Waals surface area contributed by atoms with Gasteiger partial charge in [0.2, 0.25) is 0 Å². The Morgan fingerprint density at radius 1 is 1.12 bits per heavy atom. The number of alkyl halides is 1. The van der Waals surface area contributed by atoms with E-state index in [4.69, 9.17) is 48.1 Å². The molecule has 0 spiro atoms. The van der Waals surface area contributed by atoms with E-state index in [1.54, 1.807) is 48.4 Å². The van der Waals surface area contributed by atoms with Gasteiger partial charge < -0.3 is 0 Å². The maximum absolute atomic E-state index is 14.7. The van der Waals surface area contributed by atoms with Crippen LogP contribution in [0.3, 0.4) is 0 Å². The molecule has 3 unspecified atom stereocenters. The molecule has 1 aliphatic heterocycles. The predicted molar refractivity (Wildman–Crippen MR) is 127 cm³/mol. The molecule has 0 saturated heterocycles. The molecule has 33 heavy (non-hydrogen) atoms. The van der Waals surface area contributed by atoms with Gasteiger partial charge in [0, 0.05) is 0 Å². The summed E-state index contributed by atoms with van der Waals surface area (Å²) in [7, 11) is 0. The van der Waals surface area contributed by atoms with E-state index in [1.807, 2.05) is 28.5 Å². The Hall–Kier alpha value is -1.51. The molecule has 2 aromatic carbocycles. The Morgan fingerprint density at radius 3 is 2.45 bits per heavy atom. The molecule has 0 bridgehead atoms. The minimum absolute atomic E-state index is 0.0733. The number of hydrogen-bond donors (Lipinski definition) is 0. The Balaban J connectivity index is 1.79. The van der Waals surface area contributed by atoms with Gasteiger partial charge in [0.15, 0.2) is 0 Å². The molecule has 6 nitrogen and oxygen atoms in total. The first kappa shape index (κ1) is 26.1. The van der Waals surface area contributed by atoms with Crippen molar-refractivity contribution >= 4 is 57.1 Å². The van der Waals surface area contributed by atoms with Gasteiger partial charge in [-0.05, 0) is 0 Å². The van der Waals surface area contributed by atoms with Crippen LogP contribution in [0, 0.1) is 0 Å². The fourth-order valence-corrected chi connectivity index (χ4v) is 4.38. The van der Waals surface area contributed by atoms with Crippen molar-refractivity contribution in [2.24, 2.45) is 0 Å². The summed E-state index contributed by atoms with van der Waals surface area (Å²) >= 11 is 20.4. The zero-order valence-corrected chi connectivity index (χ0v) is 21.7. The summed E-state index contributed by atoms with van der Waals surface area (Å²) in [5.74, 6) is -0.991. The third-order valence-electron chi connectivity index (χ3n) is 4.86.